The van der Waals surface area contributed by atoms with Crippen molar-refractivity contribution in [2.45, 2.75) is 26.2 Å². The van der Waals surface area contributed by atoms with Gasteiger partial charge in [0.1, 0.15) is 22.3 Å². The number of furan rings is 2. The topological polar surface area (TPSA) is 26.3 Å². The molecule has 0 amide bonds. The standard InChI is InChI=1S/C42H30O2/c1-42(2,3)25-22-23-30-35(24-25)39(34-19-11-17-32-27-13-7-9-21-37(27)44-41(32)34)29-15-5-4-14-28(29)38(30)33-18-10-16-31-26-12-6-8-20-36(26)43-40(31)33/h4-24H,1-3H3. The third kappa shape index (κ3) is 3.55. The van der Waals surface area contributed by atoms with E-state index in [-0.39, 0.29) is 5.41 Å². The van der Waals surface area contributed by atoms with E-state index in [1.54, 1.807) is 0 Å². The van der Waals surface area contributed by atoms with Crippen molar-refractivity contribution >= 4 is 65.4 Å². The smallest absolute Gasteiger partial charge is 0.143 e. The molecule has 2 heteroatoms. The monoisotopic (exact) mass is 566 g/mol. The van der Waals surface area contributed by atoms with Crippen LogP contribution in [0.4, 0.5) is 0 Å². The minimum atomic E-state index is -0.0125. The Morgan fingerprint density at radius 1 is 0.386 bits per heavy atom. The Hall–Kier alpha value is -5.34. The highest BCUT2D eigenvalue weighted by Gasteiger charge is 2.24. The van der Waals surface area contributed by atoms with Gasteiger partial charge in [0.15, 0.2) is 0 Å². The van der Waals surface area contributed by atoms with Crippen LogP contribution in [0.2, 0.25) is 0 Å². The Morgan fingerprint density at radius 3 is 1.34 bits per heavy atom. The quantitative estimate of drug-likeness (QED) is 0.195. The van der Waals surface area contributed by atoms with Gasteiger partial charge in [-0.25, -0.2) is 0 Å². The van der Waals surface area contributed by atoms with Crippen LogP contribution in [0.25, 0.3) is 87.7 Å². The predicted molar refractivity (Wildman–Crippen MR) is 186 cm³/mol. The molecular weight excluding hydrogens is 536 g/mol. The zero-order chi connectivity index (χ0) is 29.6. The molecular formula is C42H30O2. The summed E-state index contributed by atoms with van der Waals surface area (Å²) < 4.78 is 13.2. The number of rotatable bonds is 2. The Balaban J connectivity index is 1.48. The first kappa shape index (κ1) is 25.2. The summed E-state index contributed by atoms with van der Waals surface area (Å²) in [7, 11) is 0. The molecule has 0 saturated carbocycles. The van der Waals surface area contributed by atoms with Crippen molar-refractivity contribution in [3.8, 4) is 22.3 Å². The van der Waals surface area contributed by atoms with E-state index in [1.165, 1.54) is 38.2 Å². The first-order valence-corrected chi connectivity index (χ1v) is 15.3. The summed E-state index contributed by atoms with van der Waals surface area (Å²) in [5.41, 5.74) is 9.57. The molecule has 0 aliphatic carbocycles. The molecule has 0 spiro atoms. The molecule has 9 aromatic rings. The maximum Gasteiger partial charge on any atom is 0.143 e. The van der Waals surface area contributed by atoms with Crippen molar-refractivity contribution in [1.29, 1.82) is 0 Å². The summed E-state index contributed by atoms with van der Waals surface area (Å²) >= 11 is 0. The highest BCUT2D eigenvalue weighted by atomic mass is 16.3. The molecule has 0 aliphatic heterocycles. The number of fused-ring (bicyclic) bond motifs is 8. The molecule has 210 valence electrons. The zero-order valence-electron chi connectivity index (χ0n) is 24.9. The number of para-hydroxylation sites is 4. The number of hydrogen-bond acceptors (Lipinski definition) is 2. The van der Waals surface area contributed by atoms with Crippen LogP contribution in [-0.4, -0.2) is 0 Å². The molecule has 9 rings (SSSR count). The minimum Gasteiger partial charge on any atom is -0.455 e. The fraction of sp³-hybridized carbons (Fsp3) is 0.0952. The SMILES string of the molecule is CC(C)(C)c1ccc2c(-c3cccc4c3oc3ccccc34)c3ccccc3c(-c3cccc4c3oc3ccccc34)c2c1. The highest BCUT2D eigenvalue weighted by molar-refractivity contribution is 6.26. The van der Waals surface area contributed by atoms with E-state index >= 15 is 0 Å². The lowest BCUT2D eigenvalue weighted by Gasteiger charge is -2.23. The average Bonchev–Trinajstić information content (AvgIpc) is 3.62. The Kier molecular flexibility index (Phi) is 5.20. The van der Waals surface area contributed by atoms with Gasteiger partial charge in [-0.2, -0.15) is 0 Å². The molecule has 7 aromatic carbocycles. The third-order valence-corrected chi connectivity index (χ3v) is 9.24. The number of benzene rings is 7. The van der Waals surface area contributed by atoms with Gasteiger partial charge in [0.25, 0.3) is 0 Å². The van der Waals surface area contributed by atoms with E-state index in [2.05, 4.69) is 136 Å². The summed E-state index contributed by atoms with van der Waals surface area (Å²) in [6.07, 6.45) is 0. The van der Waals surface area contributed by atoms with Gasteiger partial charge in [-0.1, -0.05) is 130 Å². The van der Waals surface area contributed by atoms with E-state index in [4.69, 9.17) is 8.83 Å². The second-order valence-electron chi connectivity index (χ2n) is 12.9. The molecule has 0 atom stereocenters. The molecule has 0 saturated heterocycles. The van der Waals surface area contributed by atoms with E-state index < -0.39 is 0 Å². The van der Waals surface area contributed by atoms with Crippen LogP contribution in [0.3, 0.4) is 0 Å². The highest BCUT2D eigenvalue weighted by Crippen LogP contribution is 2.49. The predicted octanol–water partition coefficient (Wildman–Crippen LogP) is 12.4. The third-order valence-electron chi connectivity index (χ3n) is 9.24. The van der Waals surface area contributed by atoms with Gasteiger partial charge in [0, 0.05) is 43.8 Å². The molecule has 0 N–H and O–H groups in total. The van der Waals surface area contributed by atoms with Gasteiger partial charge in [0.05, 0.1) is 0 Å². The van der Waals surface area contributed by atoms with Crippen LogP contribution in [0.1, 0.15) is 26.3 Å². The molecule has 2 heterocycles. The molecule has 0 fully saturated rings. The molecule has 2 nitrogen and oxygen atoms in total. The summed E-state index contributed by atoms with van der Waals surface area (Å²) in [6.45, 7) is 6.85. The van der Waals surface area contributed by atoms with Crippen LogP contribution in [0, 0.1) is 0 Å². The van der Waals surface area contributed by atoms with Crippen molar-refractivity contribution in [3.63, 3.8) is 0 Å². The Morgan fingerprint density at radius 2 is 0.818 bits per heavy atom. The number of hydrogen-bond donors (Lipinski definition) is 0. The van der Waals surface area contributed by atoms with Gasteiger partial charge >= 0.3 is 0 Å². The van der Waals surface area contributed by atoms with Crippen LogP contribution >= 0.6 is 0 Å². The van der Waals surface area contributed by atoms with E-state index in [0.717, 1.165) is 55.0 Å². The lowest BCUT2D eigenvalue weighted by Crippen LogP contribution is -2.10. The molecule has 0 radical (unpaired) electrons. The summed E-state index contributed by atoms with van der Waals surface area (Å²) in [4.78, 5) is 0. The first-order chi connectivity index (χ1) is 21.5. The second-order valence-corrected chi connectivity index (χ2v) is 12.9. The van der Waals surface area contributed by atoms with E-state index in [1.807, 2.05) is 12.1 Å². The van der Waals surface area contributed by atoms with Gasteiger partial charge in [0.2, 0.25) is 0 Å². The van der Waals surface area contributed by atoms with Crippen LogP contribution in [-0.2, 0) is 5.41 Å². The summed E-state index contributed by atoms with van der Waals surface area (Å²) in [6, 6.07) is 45.6. The van der Waals surface area contributed by atoms with Gasteiger partial charge < -0.3 is 8.83 Å². The Bertz CT molecular complexity index is 2590. The lowest BCUT2D eigenvalue weighted by atomic mass is 9.81. The maximum atomic E-state index is 6.62. The van der Waals surface area contributed by atoms with Crippen LogP contribution < -0.4 is 0 Å². The van der Waals surface area contributed by atoms with Gasteiger partial charge in [-0.15, -0.1) is 0 Å². The summed E-state index contributed by atoms with van der Waals surface area (Å²) in [5.74, 6) is 0. The molecule has 2 aromatic heterocycles. The lowest BCUT2D eigenvalue weighted by molar-refractivity contribution is 0.591. The van der Waals surface area contributed by atoms with Crippen molar-refractivity contribution in [2.24, 2.45) is 0 Å². The largest absolute Gasteiger partial charge is 0.455 e. The van der Waals surface area contributed by atoms with Crippen molar-refractivity contribution in [3.05, 3.63) is 133 Å². The van der Waals surface area contributed by atoms with Crippen LogP contribution in [0.15, 0.2) is 136 Å². The van der Waals surface area contributed by atoms with E-state index in [9.17, 15) is 0 Å². The van der Waals surface area contributed by atoms with Gasteiger partial charge in [-0.05, 0) is 50.7 Å². The van der Waals surface area contributed by atoms with Crippen molar-refractivity contribution < 1.29 is 8.83 Å². The molecule has 44 heavy (non-hydrogen) atoms. The van der Waals surface area contributed by atoms with Gasteiger partial charge in [-0.3, -0.25) is 0 Å². The van der Waals surface area contributed by atoms with Crippen LogP contribution in [0.5, 0.6) is 0 Å². The molecule has 0 aliphatic rings. The van der Waals surface area contributed by atoms with E-state index in [0.29, 0.717) is 0 Å². The first-order valence-electron chi connectivity index (χ1n) is 15.3. The second kappa shape index (κ2) is 9.08. The molecule has 0 bridgehead atoms. The summed E-state index contributed by atoms with van der Waals surface area (Å²) in [5, 5.41) is 9.36. The zero-order valence-corrected chi connectivity index (χ0v) is 24.9. The van der Waals surface area contributed by atoms with Crippen molar-refractivity contribution in [1.82, 2.24) is 0 Å². The normalized spacial score (nSPS) is 12.4. The minimum absolute atomic E-state index is 0.0125. The fourth-order valence-corrected chi connectivity index (χ4v) is 7.11. The maximum absolute atomic E-state index is 6.62. The fourth-order valence-electron chi connectivity index (χ4n) is 7.11. The average molecular weight is 567 g/mol. The van der Waals surface area contributed by atoms with Crippen molar-refractivity contribution in [2.75, 3.05) is 0 Å². The molecule has 0 unspecified atom stereocenters. The Labute approximate surface area is 255 Å².